The van der Waals surface area contributed by atoms with Crippen molar-refractivity contribution >= 4 is 17.4 Å². The van der Waals surface area contributed by atoms with Crippen molar-refractivity contribution in [3.63, 3.8) is 0 Å². The second-order valence-corrected chi connectivity index (χ2v) is 4.22. The molecular weight excluding hydrogens is 230 g/mol. The van der Waals surface area contributed by atoms with Crippen molar-refractivity contribution in [3.05, 3.63) is 36.0 Å². The van der Waals surface area contributed by atoms with Crippen LogP contribution >= 0.6 is 0 Å². The normalized spacial score (nSPS) is 13.7. The van der Waals surface area contributed by atoms with E-state index in [9.17, 15) is 4.79 Å². The zero-order chi connectivity index (χ0) is 12.5. The lowest BCUT2D eigenvalue weighted by molar-refractivity contribution is -0.119. The average molecular weight is 243 g/mol. The first-order valence-corrected chi connectivity index (χ1v) is 5.78. The molecule has 0 aliphatic carbocycles. The monoisotopic (exact) mass is 243 g/mol. The minimum atomic E-state index is -0.0180. The van der Waals surface area contributed by atoms with Gasteiger partial charge in [-0.3, -0.25) is 4.79 Å². The van der Waals surface area contributed by atoms with Crippen molar-refractivity contribution in [3.8, 4) is 0 Å². The Morgan fingerprint density at radius 2 is 2.22 bits per heavy atom. The smallest absolute Gasteiger partial charge is 0.250 e. The number of rotatable bonds is 2. The summed E-state index contributed by atoms with van der Waals surface area (Å²) in [6.07, 6.45) is 2.34. The number of hydrogen-bond acceptors (Lipinski definition) is 4. The van der Waals surface area contributed by atoms with E-state index in [2.05, 4.69) is 10.2 Å². The fourth-order valence-corrected chi connectivity index (χ4v) is 2.19. The molecule has 92 valence electrons. The lowest BCUT2D eigenvalue weighted by atomic mass is 10.2. The quantitative estimate of drug-likeness (QED) is 0.830. The topological polar surface area (TPSA) is 77.0 Å². The van der Waals surface area contributed by atoms with Crippen LogP contribution in [0.4, 0.5) is 11.5 Å². The number of anilines is 2. The Bertz CT molecular complexity index is 592. The molecule has 18 heavy (non-hydrogen) atoms. The predicted octanol–water partition coefficient (Wildman–Crippen LogP) is 0.450. The summed E-state index contributed by atoms with van der Waals surface area (Å²) in [5.41, 5.74) is 7.66. The molecule has 2 heterocycles. The summed E-state index contributed by atoms with van der Waals surface area (Å²) in [7, 11) is 0. The van der Waals surface area contributed by atoms with Gasteiger partial charge in [-0.05, 0) is 18.1 Å². The van der Waals surface area contributed by atoms with E-state index in [0.717, 1.165) is 18.7 Å². The van der Waals surface area contributed by atoms with E-state index in [0.29, 0.717) is 5.82 Å². The Morgan fingerprint density at radius 1 is 1.39 bits per heavy atom. The summed E-state index contributed by atoms with van der Waals surface area (Å²) in [5.74, 6) is 0.306. The van der Waals surface area contributed by atoms with E-state index in [4.69, 9.17) is 5.73 Å². The maximum atomic E-state index is 12.2. The summed E-state index contributed by atoms with van der Waals surface area (Å²) < 4.78 is 0. The molecule has 0 radical (unpaired) electrons. The Labute approximate surface area is 104 Å². The van der Waals surface area contributed by atoms with Gasteiger partial charge in [0.25, 0.3) is 5.91 Å². The van der Waals surface area contributed by atoms with Crippen molar-refractivity contribution in [2.45, 2.75) is 13.0 Å². The van der Waals surface area contributed by atoms with Crippen LogP contribution < -0.4 is 10.6 Å². The van der Waals surface area contributed by atoms with Crippen LogP contribution in [0.5, 0.6) is 0 Å². The Morgan fingerprint density at radius 3 is 3.00 bits per heavy atom. The zero-order valence-corrected chi connectivity index (χ0v) is 9.78. The van der Waals surface area contributed by atoms with Gasteiger partial charge in [-0.2, -0.15) is 9.90 Å². The van der Waals surface area contributed by atoms with Gasteiger partial charge < -0.3 is 10.6 Å². The van der Waals surface area contributed by atoms with Gasteiger partial charge in [0.2, 0.25) is 0 Å². The summed E-state index contributed by atoms with van der Waals surface area (Å²) in [5, 5.41) is 7.83. The van der Waals surface area contributed by atoms with Gasteiger partial charge >= 0.3 is 0 Å². The average Bonchev–Trinajstić information content (AvgIpc) is 2.95. The molecule has 1 aromatic heterocycles. The van der Waals surface area contributed by atoms with Gasteiger partial charge in [-0.25, -0.2) is 0 Å². The number of nitrogens with zero attached hydrogens (tertiary/aromatic N) is 4. The summed E-state index contributed by atoms with van der Waals surface area (Å²) >= 11 is 0. The first kappa shape index (κ1) is 10.8. The highest BCUT2D eigenvalue weighted by molar-refractivity contribution is 5.95. The molecule has 0 fully saturated rings. The molecule has 1 aromatic carbocycles. The van der Waals surface area contributed by atoms with Crippen molar-refractivity contribution < 1.29 is 4.79 Å². The van der Waals surface area contributed by atoms with Gasteiger partial charge in [0.15, 0.2) is 5.82 Å². The van der Waals surface area contributed by atoms with Gasteiger partial charge in [0.05, 0.1) is 6.20 Å². The van der Waals surface area contributed by atoms with Crippen molar-refractivity contribution in [1.29, 1.82) is 0 Å². The second-order valence-electron chi connectivity index (χ2n) is 4.22. The van der Waals surface area contributed by atoms with Crippen LogP contribution in [0.3, 0.4) is 0 Å². The zero-order valence-electron chi connectivity index (χ0n) is 9.78. The maximum Gasteiger partial charge on any atom is 0.250 e. The standard InChI is InChI=1S/C12H13N5O/c13-11-7-14-17(15-11)8-12(18)16-6-5-9-3-1-2-4-10(9)16/h1-4,7H,5-6,8H2,(H2,13,15). The van der Waals surface area contributed by atoms with Crippen molar-refractivity contribution in [1.82, 2.24) is 15.0 Å². The van der Waals surface area contributed by atoms with Crippen LogP contribution in [0.2, 0.25) is 0 Å². The highest BCUT2D eigenvalue weighted by atomic mass is 16.2. The highest BCUT2D eigenvalue weighted by Crippen LogP contribution is 2.27. The number of nitrogens with two attached hydrogens (primary N) is 1. The number of carbonyl (C=O) groups is 1. The molecule has 0 atom stereocenters. The predicted molar refractivity (Wildman–Crippen MR) is 66.9 cm³/mol. The molecule has 0 spiro atoms. The fourth-order valence-electron chi connectivity index (χ4n) is 2.19. The molecular formula is C12H13N5O. The molecule has 3 rings (SSSR count). The largest absolute Gasteiger partial charge is 0.381 e. The maximum absolute atomic E-state index is 12.2. The molecule has 0 saturated carbocycles. The molecule has 6 nitrogen and oxygen atoms in total. The van der Waals surface area contributed by atoms with E-state index < -0.39 is 0 Å². The number of aromatic nitrogens is 3. The van der Waals surface area contributed by atoms with Crippen molar-refractivity contribution in [2.75, 3.05) is 17.2 Å². The van der Waals surface area contributed by atoms with E-state index >= 15 is 0 Å². The van der Waals surface area contributed by atoms with Gasteiger partial charge in [-0.15, -0.1) is 5.10 Å². The summed E-state index contributed by atoms with van der Waals surface area (Å²) in [6, 6.07) is 7.94. The minimum absolute atomic E-state index is 0.0180. The molecule has 0 unspecified atom stereocenters. The molecule has 0 saturated heterocycles. The van der Waals surface area contributed by atoms with E-state index in [1.807, 2.05) is 24.3 Å². The number of amides is 1. The molecule has 2 N–H and O–H groups in total. The Balaban J connectivity index is 1.78. The molecule has 1 aliphatic rings. The Kier molecular flexibility index (Phi) is 2.47. The number of hydrogen-bond donors (Lipinski definition) is 1. The Hall–Kier alpha value is -2.37. The lowest BCUT2D eigenvalue weighted by Crippen LogP contribution is -2.32. The third-order valence-corrected chi connectivity index (χ3v) is 3.02. The van der Waals surface area contributed by atoms with Gasteiger partial charge in [-0.1, -0.05) is 18.2 Å². The molecule has 6 heteroatoms. The van der Waals surface area contributed by atoms with Crippen LogP contribution in [0.25, 0.3) is 0 Å². The third-order valence-electron chi connectivity index (χ3n) is 3.02. The number of para-hydroxylation sites is 1. The molecule has 0 bridgehead atoms. The first-order valence-electron chi connectivity index (χ1n) is 5.78. The fraction of sp³-hybridized carbons (Fsp3) is 0.250. The van der Waals surface area contributed by atoms with Crippen LogP contribution in [0.1, 0.15) is 5.56 Å². The highest BCUT2D eigenvalue weighted by Gasteiger charge is 2.24. The second kappa shape index (κ2) is 4.14. The van der Waals surface area contributed by atoms with Crippen LogP contribution in [-0.4, -0.2) is 27.4 Å². The lowest BCUT2D eigenvalue weighted by Gasteiger charge is -2.16. The van der Waals surface area contributed by atoms with Crippen molar-refractivity contribution in [2.24, 2.45) is 0 Å². The van der Waals surface area contributed by atoms with E-state index in [1.165, 1.54) is 16.6 Å². The van der Waals surface area contributed by atoms with Crippen LogP contribution in [-0.2, 0) is 17.8 Å². The first-order chi connectivity index (χ1) is 8.74. The van der Waals surface area contributed by atoms with Gasteiger partial charge in [0, 0.05) is 12.2 Å². The van der Waals surface area contributed by atoms with Gasteiger partial charge in [0.1, 0.15) is 6.54 Å². The van der Waals surface area contributed by atoms with E-state index in [-0.39, 0.29) is 12.5 Å². The van der Waals surface area contributed by atoms with Crippen LogP contribution in [0, 0.1) is 0 Å². The number of nitrogen functional groups attached to an aromatic ring is 1. The molecule has 2 aromatic rings. The minimum Gasteiger partial charge on any atom is -0.381 e. The van der Waals surface area contributed by atoms with E-state index in [1.54, 1.807) is 4.90 Å². The summed E-state index contributed by atoms with van der Waals surface area (Å²) in [6.45, 7) is 0.834. The molecule has 1 amide bonds. The number of fused-ring (bicyclic) bond motifs is 1. The number of carbonyl (C=O) groups excluding carboxylic acids is 1. The summed E-state index contributed by atoms with van der Waals surface area (Å²) in [4.78, 5) is 15.3. The number of benzene rings is 1. The SMILES string of the molecule is Nc1cnn(CC(=O)N2CCc3ccccc32)n1. The molecule has 1 aliphatic heterocycles. The van der Waals surface area contributed by atoms with Crippen LogP contribution in [0.15, 0.2) is 30.5 Å². The third kappa shape index (κ3) is 1.81.